The Bertz CT molecular complexity index is 593. The number of nitrogens with two attached hydrogens (primary N) is 1. The van der Waals surface area contributed by atoms with Crippen LogP contribution in [0.5, 0.6) is 0 Å². The Balaban J connectivity index is 2.06. The third-order valence-corrected chi connectivity index (χ3v) is 3.79. The molecule has 0 heterocycles. The number of rotatable bonds is 3. The molecular weight excluding hydrogens is 290 g/mol. The van der Waals surface area contributed by atoms with Crippen molar-refractivity contribution in [2.45, 2.75) is 16.8 Å². The van der Waals surface area contributed by atoms with Crippen molar-refractivity contribution in [3.63, 3.8) is 0 Å². The summed E-state index contributed by atoms with van der Waals surface area (Å²) in [5, 5.41) is 0. The van der Waals surface area contributed by atoms with Crippen LogP contribution in [0.1, 0.15) is 11.1 Å². The van der Waals surface area contributed by atoms with E-state index in [9.17, 15) is 17.6 Å². The molecule has 2 aromatic carbocycles. The van der Waals surface area contributed by atoms with Gasteiger partial charge in [-0.05, 0) is 35.9 Å². The minimum absolute atomic E-state index is 0.394. The minimum atomic E-state index is -4.33. The van der Waals surface area contributed by atoms with Gasteiger partial charge in [-0.1, -0.05) is 12.1 Å². The second kappa shape index (κ2) is 5.75. The molecule has 0 bridgehead atoms. The van der Waals surface area contributed by atoms with Gasteiger partial charge >= 0.3 is 6.18 Å². The monoisotopic (exact) mass is 301 g/mol. The molecule has 0 amide bonds. The summed E-state index contributed by atoms with van der Waals surface area (Å²) in [5.74, 6) is 0.0281. The van der Waals surface area contributed by atoms with Gasteiger partial charge in [0.05, 0.1) is 5.56 Å². The van der Waals surface area contributed by atoms with Gasteiger partial charge in [0.15, 0.2) is 0 Å². The van der Waals surface area contributed by atoms with Crippen molar-refractivity contribution < 1.29 is 17.6 Å². The lowest BCUT2D eigenvalue weighted by Crippen LogP contribution is -2.04. The zero-order chi connectivity index (χ0) is 14.8. The quantitative estimate of drug-likeness (QED) is 0.504. The summed E-state index contributed by atoms with van der Waals surface area (Å²) in [5.41, 5.74) is 6.18. The molecule has 0 fully saturated rings. The molecule has 0 radical (unpaired) electrons. The van der Waals surface area contributed by atoms with Crippen molar-refractivity contribution in [2.24, 2.45) is 0 Å². The zero-order valence-corrected chi connectivity index (χ0v) is 11.1. The van der Waals surface area contributed by atoms with E-state index in [-0.39, 0.29) is 0 Å². The van der Waals surface area contributed by atoms with E-state index in [2.05, 4.69) is 0 Å². The van der Waals surface area contributed by atoms with E-state index in [1.54, 1.807) is 0 Å². The highest BCUT2D eigenvalue weighted by molar-refractivity contribution is 7.98. The number of nitrogen functional groups attached to an aromatic ring is 1. The predicted octanol–water partition coefficient (Wildman–Crippen LogP) is 4.72. The first-order chi connectivity index (χ1) is 9.36. The normalized spacial score (nSPS) is 11.6. The van der Waals surface area contributed by atoms with Crippen LogP contribution in [0, 0.1) is 5.82 Å². The SMILES string of the molecule is Nc1ccc(F)cc1SCc1ccc(C(F)(F)F)cc1. The predicted molar refractivity (Wildman–Crippen MR) is 71.8 cm³/mol. The molecule has 2 N–H and O–H groups in total. The number of hydrogen-bond acceptors (Lipinski definition) is 2. The van der Waals surface area contributed by atoms with Gasteiger partial charge in [-0.15, -0.1) is 11.8 Å². The fraction of sp³-hybridized carbons (Fsp3) is 0.143. The number of anilines is 1. The third kappa shape index (κ3) is 3.66. The van der Waals surface area contributed by atoms with E-state index in [0.29, 0.717) is 21.9 Å². The summed E-state index contributed by atoms with van der Waals surface area (Å²) in [6, 6.07) is 8.91. The number of alkyl halides is 3. The maximum Gasteiger partial charge on any atom is 0.416 e. The van der Waals surface area contributed by atoms with Crippen LogP contribution in [-0.2, 0) is 11.9 Å². The lowest BCUT2D eigenvalue weighted by Gasteiger charge is -2.08. The van der Waals surface area contributed by atoms with Crippen LogP contribution >= 0.6 is 11.8 Å². The van der Waals surface area contributed by atoms with Gasteiger partial charge < -0.3 is 5.73 Å². The van der Waals surface area contributed by atoms with Gasteiger partial charge in [0, 0.05) is 16.3 Å². The Labute approximate surface area is 117 Å². The largest absolute Gasteiger partial charge is 0.416 e. The maximum absolute atomic E-state index is 13.1. The number of halogens is 4. The van der Waals surface area contributed by atoms with E-state index in [0.717, 1.165) is 12.1 Å². The number of hydrogen-bond donors (Lipinski definition) is 1. The standard InChI is InChI=1S/C14H11F4NS/c15-11-5-6-12(19)13(7-11)20-8-9-1-3-10(4-2-9)14(16,17)18/h1-7H,8,19H2. The highest BCUT2D eigenvalue weighted by Crippen LogP contribution is 2.31. The first-order valence-corrected chi connectivity index (χ1v) is 6.69. The Morgan fingerprint density at radius 1 is 1.00 bits per heavy atom. The van der Waals surface area contributed by atoms with Gasteiger partial charge in [-0.3, -0.25) is 0 Å². The molecule has 2 aromatic rings. The van der Waals surface area contributed by atoms with Crippen LogP contribution in [0.25, 0.3) is 0 Å². The van der Waals surface area contributed by atoms with Gasteiger partial charge in [0.1, 0.15) is 5.82 Å². The van der Waals surface area contributed by atoms with Crippen LogP contribution in [0.3, 0.4) is 0 Å². The van der Waals surface area contributed by atoms with Crippen molar-refractivity contribution in [3.05, 3.63) is 59.4 Å². The van der Waals surface area contributed by atoms with E-state index >= 15 is 0 Å². The molecule has 0 aliphatic carbocycles. The third-order valence-electron chi connectivity index (χ3n) is 2.65. The van der Waals surface area contributed by atoms with Gasteiger partial charge in [0.25, 0.3) is 0 Å². The fourth-order valence-electron chi connectivity index (χ4n) is 1.58. The lowest BCUT2D eigenvalue weighted by molar-refractivity contribution is -0.137. The van der Waals surface area contributed by atoms with E-state index in [4.69, 9.17) is 5.73 Å². The first kappa shape index (κ1) is 14.7. The van der Waals surface area contributed by atoms with Crippen molar-refractivity contribution in [1.29, 1.82) is 0 Å². The molecule has 20 heavy (non-hydrogen) atoms. The maximum atomic E-state index is 13.1. The molecular formula is C14H11F4NS. The zero-order valence-electron chi connectivity index (χ0n) is 10.2. The molecule has 0 saturated heterocycles. The average Bonchev–Trinajstić information content (AvgIpc) is 2.39. The number of benzene rings is 2. The van der Waals surface area contributed by atoms with Crippen molar-refractivity contribution >= 4 is 17.4 Å². The summed E-state index contributed by atoms with van der Waals surface area (Å²) in [6.07, 6.45) is -4.33. The molecule has 0 aliphatic heterocycles. The highest BCUT2D eigenvalue weighted by atomic mass is 32.2. The topological polar surface area (TPSA) is 26.0 Å². The molecule has 0 unspecified atom stereocenters. The first-order valence-electron chi connectivity index (χ1n) is 5.70. The second-order valence-electron chi connectivity index (χ2n) is 4.17. The Morgan fingerprint density at radius 2 is 1.65 bits per heavy atom. The van der Waals surface area contributed by atoms with Gasteiger partial charge in [0.2, 0.25) is 0 Å². The van der Waals surface area contributed by atoms with Crippen molar-refractivity contribution in [3.8, 4) is 0 Å². The summed E-state index contributed by atoms with van der Waals surface area (Å²) in [4.78, 5) is 0.574. The Hall–Kier alpha value is -1.69. The van der Waals surface area contributed by atoms with E-state index in [1.807, 2.05) is 0 Å². The molecule has 0 aliphatic rings. The second-order valence-corrected chi connectivity index (χ2v) is 5.18. The summed E-state index contributed by atoms with van der Waals surface area (Å²) < 4.78 is 50.3. The molecule has 0 saturated carbocycles. The van der Waals surface area contributed by atoms with Gasteiger partial charge in [-0.2, -0.15) is 13.2 Å². The van der Waals surface area contributed by atoms with Gasteiger partial charge in [-0.25, -0.2) is 4.39 Å². The fourth-order valence-corrected chi connectivity index (χ4v) is 2.53. The summed E-state index contributed by atoms with van der Waals surface area (Å²) in [7, 11) is 0. The Morgan fingerprint density at radius 3 is 2.25 bits per heavy atom. The molecule has 1 nitrogen and oxygen atoms in total. The van der Waals surface area contributed by atoms with Crippen LogP contribution in [0.2, 0.25) is 0 Å². The van der Waals surface area contributed by atoms with Crippen LogP contribution in [0.15, 0.2) is 47.4 Å². The molecule has 106 valence electrons. The average molecular weight is 301 g/mol. The summed E-state index contributed by atoms with van der Waals surface area (Å²) in [6.45, 7) is 0. The molecule has 0 atom stereocenters. The highest BCUT2D eigenvalue weighted by Gasteiger charge is 2.29. The lowest BCUT2D eigenvalue weighted by atomic mass is 10.1. The molecule has 2 rings (SSSR count). The van der Waals surface area contributed by atoms with Crippen molar-refractivity contribution in [2.75, 3.05) is 5.73 Å². The molecule has 6 heteroatoms. The smallest absolute Gasteiger partial charge is 0.398 e. The van der Waals surface area contributed by atoms with Crippen LogP contribution in [0.4, 0.5) is 23.2 Å². The molecule has 0 spiro atoms. The van der Waals surface area contributed by atoms with E-state index in [1.165, 1.54) is 42.1 Å². The van der Waals surface area contributed by atoms with Crippen LogP contribution < -0.4 is 5.73 Å². The van der Waals surface area contributed by atoms with Crippen molar-refractivity contribution in [1.82, 2.24) is 0 Å². The summed E-state index contributed by atoms with van der Waals surface area (Å²) >= 11 is 1.28. The van der Waals surface area contributed by atoms with E-state index < -0.39 is 17.6 Å². The number of thioether (sulfide) groups is 1. The Kier molecular flexibility index (Phi) is 4.23. The molecule has 0 aromatic heterocycles. The minimum Gasteiger partial charge on any atom is -0.398 e. The van der Waals surface area contributed by atoms with Crippen LogP contribution in [-0.4, -0.2) is 0 Å².